The average Bonchev–Trinajstić information content (AvgIpc) is 2.38. The van der Waals surface area contributed by atoms with Crippen LogP contribution in [0.4, 0.5) is 0 Å². The summed E-state index contributed by atoms with van der Waals surface area (Å²) in [7, 11) is 0. The lowest BCUT2D eigenvalue weighted by Gasteiger charge is -2.02. The van der Waals surface area contributed by atoms with Gasteiger partial charge in [0, 0.05) is 5.38 Å². The maximum absolute atomic E-state index is 5.72. The molecule has 0 saturated heterocycles. The van der Waals surface area contributed by atoms with Crippen LogP contribution in [0.2, 0.25) is 0 Å². The van der Waals surface area contributed by atoms with Crippen molar-refractivity contribution in [2.45, 2.75) is 12.5 Å². The van der Waals surface area contributed by atoms with Crippen LogP contribution < -0.4 is 5.73 Å². The molecule has 54 valence electrons. The molecule has 0 spiro atoms. The van der Waals surface area contributed by atoms with E-state index in [1.165, 1.54) is 0 Å². The number of thiazole rings is 1. The van der Waals surface area contributed by atoms with Crippen molar-refractivity contribution in [1.29, 1.82) is 0 Å². The molecule has 0 radical (unpaired) electrons. The summed E-state index contributed by atoms with van der Waals surface area (Å²) in [5, 5.41) is 1.97. The summed E-state index contributed by atoms with van der Waals surface area (Å²) in [6.45, 7) is 3.61. The molecule has 0 aliphatic carbocycles. The van der Waals surface area contributed by atoms with Gasteiger partial charge in [-0.25, -0.2) is 4.98 Å². The van der Waals surface area contributed by atoms with Gasteiger partial charge in [-0.15, -0.1) is 17.9 Å². The molecule has 2 nitrogen and oxygen atoms in total. The van der Waals surface area contributed by atoms with Gasteiger partial charge in [-0.05, 0) is 6.42 Å². The van der Waals surface area contributed by atoms with Crippen molar-refractivity contribution < 1.29 is 0 Å². The predicted molar refractivity (Wildman–Crippen MR) is 43.9 cm³/mol. The van der Waals surface area contributed by atoms with E-state index in [0.29, 0.717) is 0 Å². The highest BCUT2D eigenvalue weighted by molar-refractivity contribution is 7.07. The van der Waals surface area contributed by atoms with Crippen molar-refractivity contribution in [3.05, 3.63) is 29.2 Å². The van der Waals surface area contributed by atoms with Crippen LogP contribution in [0, 0.1) is 0 Å². The molecular weight excluding hydrogens is 144 g/mol. The summed E-state index contributed by atoms with van der Waals surface area (Å²) in [6, 6.07) is 0.0312. The maximum atomic E-state index is 5.72. The van der Waals surface area contributed by atoms with Gasteiger partial charge in [-0.1, -0.05) is 6.08 Å². The first-order chi connectivity index (χ1) is 4.84. The predicted octanol–water partition coefficient (Wildman–Crippen LogP) is 1.72. The zero-order valence-electron chi connectivity index (χ0n) is 5.66. The summed E-state index contributed by atoms with van der Waals surface area (Å²) in [5.41, 5.74) is 8.48. The van der Waals surface area contributed by atoms with Crippen molar-refractivity contribution in [1.82, 2.24) is 4.98 Å². The van der Waals surface area contributed by atoms with Gasteiger partial charge in [0.2, 0.25) is 0 Å². The van der Waals surface area contributed by atoms with Crippen LogP contribution in [-0.2, 0) is 0 Å². The average molecular weight is 154 g/mol. The molecule has 0 bridgehead atoms. The van der Waals surface area contributed by atoms with Gasteiger partial charge in [-0.2, -0.15) is 0 Å². The number of rotatable bonds is 3. The minimum absolute atomic E-state index is 0.0312. The van der Waals surface area contributed by atoms with Crippen molar-refractivity contribution in [2.75, 3.05) is 0 Å². The lowest BCUT2D eigenvalue weighted by Crippen LogP contribution is -2.08. The van der Waals surface area contributed by atoms with Gasteiger partial charge >= 0.3 is 0 Å². The molecule has 0 aliphatic rings. The van der Waals surface area contributed by atoms with E-state index in [4.69, 9.17) is 5.73 Å². The zero-order chi connectivity index (χ0) is 7.40. The first-order valence-corrected chi connectivity index (χ1v) is 4.03. The normalized spacial score (nSPS) is 12.9. The minimum atomic E-state index is 0.0312. The second-order valence-electron chi connectivity index (χ2n) is 2.04. The fourth-order valence-electron chi connectivity index (χ4n) is 0.705. The second kappa shape index (κ2) is 3.49. The first kappa shape index (κ1) is 7.44. The highest BCUT2D eigenvalue weighted by Crippen LogP contribution is 2.13. The van der Waals surface area contributed by atoms with Crippen molar-refractivity contribution in [3.63, 3.8) is 0 Å². The number of nitrogens with two attached hydrogens (primary N) is 1. The number of hydrogen-bond donors (Lipinski definition) is 1. The highest BCUT2D eigenvalue weighted by Gasteiger charge is 2.03. The van der Waals surface area contributed by atoms with Crippen LogP contribution in [0.1, 0.15) is 18.2 Å². The molecular formula is C7H10N2S. The van der Waals surface area contributed by atoms with Crippen LogP contribution in [-0.4, -0.2) is 4.98 Å². The van der Waals surface area contributed by atoms with Gasteiger partial charge < -0.3 is 5.73 Å². The highest BCUT2D eigenvalue weighted by atomic mass is 32.1. The molecule has 0 fully saturated rings. The van der Waals surface area contributed by atoms with Crippen LogP contribution >= 0.6 is 11.3 Å². The summed E-state index contributed by atoms with van der Waals surface area (Å²) >= 11 is 1.57. The van der Waals surface area contributed by atoms with E-state index in [1.54, 1.807) is 16.8 Å². The summed E-state index contributed by atoms with van der Waals surface area (Å²) in [4.78, 5) is 4.08. The van der Waals surface area contributed by atoms with E-state index in [2.05, 4.69) is 11.6 Å². The SMILES string of the molecule is C=CCC(N)c1cscn1. The van der Waals surface area contributed by atoms with Crippen LogP contribution in [0.5, 0.6) is 0 Å². The van der Waals surface area contributed by atoms with Gasteiger partial charge in [-0.3, -0.25) is 0 Å². The van der Waals surface area contributed by atoms with E-state index >= 15 is 0 Å². The van der Waals surface area contributed by atoms with Gasteiger partial charge in [0.15, 0.2) is 0 Å². The largest absolute Gasteiger partial charge is 0.322 e. The third-order valence-electron chi connectivity index (χ3n) is 1.25. The quantitative estimate of drug-likeness (QED) is 0.673. The van der Waals surface area contributed by atoms with Crippen LogP contribution in [0.25, 0.3) is 0 Å². The molecule has 1 aromatic rings. The molecule has 2 N–H and O–H groups in total. The second-order valence-corrected chi connectivity index (χ2v) is 2.76. The number of nitrogens with zero attached hydrogens (tertiary/aromatic N) is 1. The van der Waals surface area contributed by atoms with E-state index in [-0.39, 0.29) is 6.04 Å². The molecule has 0 aromatic carbocycles. The Bertz CT molecular complexity index is 193. The minimum Gasteiger partial charge on any atom is -0.322 e. The third-order valence-corrected chi connectivity index (χ3v) is 1.86. The van der Waals surface area contributed by atoms with Crippen molar-refractivity contribution in [2.24, 2.45) is 5.73 Å². The molecule has 0 saturated carbocycles. The van der Waals surface area contributed by atoms with E-state index in [1.807, 2.05) is 11.5 Å². The number of hydrogen-bond acceptors (Lipinski definition) is 3. The molecule has 1 unspecified atom stereocenters. The molecule has 1 rings (SSSR count). The number of aromatic nitrogens is 1. The van der Waals surface area contributed by atoms with Gasteiger partial charge in [0.25, 0.3) is 0 Å². The van der Waals surface area contributed by atoms with Crippen LogP contribution in [0.3, 0.4) is 0 Å². The summed E-state index contributed by atoms with van der Waals surface area (Å²) in [6.07, 6.45) is 2.60. The monoisotopic (exact) mass is 154 g/mol. The molecule has 3 heteroatoms. The molecule has 1 aromatic heterocycles. The topological polar surface area (TPSA) is 38.9 Å². The Morgan fingerprint density at radius 2 is 2.70 bits per heavy atom. The maximum Gasteiger partial charge on any atom is 0.0795 e. The molecule has 0 amide bonds. The van der Waals surface area contributed by atoms with E-state index < -0.39 is 0 Å². The van der Waals surface area contributed by atoms with Crippen molar-refractivity contribution in [3.8, 4) is 0 Å². The lowest BCUT2D eigenvalue weighted by atomic mass is 10.2. The molecule has 1 heterocycles. The summed E-state index contributed by atoms with van der Waals surface area (Å²) < 4.78 is 0. The third kappa shape index (κ3) is 1.65. The lowest BCUT2D eigenvalue weighted by molar-refractivity contribution is 0.720. The van der Waals surface area contributed by atoms with Crippen molar-refractivity contribution >= 4 is 11.3 Å². The molecule has 10 heavy (non-hydrogen) atoms. The van der Waals surface area contributed by atoms with E-state index in [0.717, 1.165) is 12.1 Å². The molecule has 0 aliphatic heterocycles. The Morgan fingerprint density at radius 3 is 3.20 bits per heavy atom. The van der Waals surface area contributed by atoms with Crippen LogP contribution in [0.15, 0.2) is 23.5 Å². The summed E-state index contributed by atoms with van der Waals surface area (Å²) in [5.74, 6) is 0. The Balaban J connectivity index is 2.58. The standard InChI is InChI=1S/C7H10N2S/c1-2-3-6(8)7-4-10-5-9-7/h2,4-6H,1,3,8H2. The molecule has 1 atom stereocenters. The fourth-order valence-corrected chi connectivity index (χ4v) is 1.32. The smallest absolute Gasteiger partial charge is 0.0795 e. The zero-order valence-corrected chi connectivity index (χ0v) is 6.47. The fraction of sp³-hybridized carbons (Fsp3) is 0.286. The Morgan fingerprint density at radius 1 is 1.90 bits per heavy atom. The Labute approximate surface area is 64.4 Å². The van der Waals surface area contributed by atoms with Gasteiger partial charge in [0.05, 0.1) is 17.2 Å². The van der Waals surface area contributed by atoms with E-state index in [9.17, 15) is 0 Å². The Kier molecular flexibility index (Phi) is 2.59. The van der Waals surface area contributed by atoms with Gasteiger partial charge in [0.1, 0.15) is 0 Å². The first-order valence-electron chi connectivity index (χ1n) is 3.09. The Hall–Kier alpha value is -0.670.